The summed E-state index contributed by atoms with van der Waals surface area (Å²) in [5, 5.41) is 2.43. The minimum atomic E-state index is -0.767. The second-order valence-electron chi connectivity index (χ2n) is 1.93. The third kappa shape index (κ3) is 1.11. The molecule has 7 heteroatoms. The van der Waals surface area contributed by atoms with Crippen molar-refractivity contribution in [3.05, 3.63) is 31.9 Å². The Labute approximate surface area is 66.0 Å². The summed E-state index contributed by atoms with van der Waals surface area (Å²) in [7, 11) is 1.38. The van der Waals surface area contributed by atoms with Gasteiger partial charge in [-0.3, -0.25) is 4.79 Å². The Hall–Kier alpha value is -1.92. The number of aromatic nitrogens is 2. The van der Waals surface area contributed by atoms with Crippen molar-refractivity contribution >= 4 is 5.69 Å². The molecular formula is C5H6N4O3. The lowest BCUT2D eigenvalue weighted by Gasteiger charge is -2.00. The molecular weight excluding hydrogens is 164 g/mol. The Kier molecular flexibility index (Phi) is 2.04. The molecule has 0 atom stereocenters. The number of hydrogen-bond acceptors (Lipinski definition) is 5. The number of nitrogens with one attached hydrogen (secondary N) is 2. The number of nitrogens with zero attached hydrogens (tertiary/aromatic N) is 2. The van der Waals surface area contributed by atoms with Crippen LogP contribution in [0.5, 0.6) is 0 Å². The van der Waals surface area contributed by atoms with Crippen molar-refractivity contribution in [1.29, 1.82) is 0 Å². The Balaban J connectivity index is 3.55. The molecule has 0 aliphatic heterocycles. The first-order chi connectivity index (χ1) is 5.70. The third-order valence-corrected chi connectivity index (χ3v) is 1.28. The first-order valence-electron chi connectivity index (χ1n) is 3.06. The van der Waals surface area contributed by atoms with Crippen LogP contribution >= 0.6 is 0 Å². The molecule has 1 rings (SSSR count). The fraction of sp³-hybridized carbons (Fsp3) is 0.200. The Morgan fingerprint density at radius 3 is 2.75 bits per heavy atom. The van der Waals surface area contributed by atoms with Gasteiger partial charge in [0.2, 0.25) is 0 Å². The second-order valence-corrected chi connectivity index (χ2v) is 1.93. The van der Waals surface area contributed by atoms with Gasteiger partial charge >= 0.3 is 11.2 Å². The van der Waals surface area contributed by atoms with Gasteiger partial charge in [0.15, 0.2) is 5.69 Å². The number of H-pyrrole nitrogens is 1. The summed E-state index contributed by atoms with van der Waals surface area (Å²) in [6.07, 6.45) is 0.964. The highest BCUT2D eigenvalue weighted by Gasteiger charge is 2.04. The van der Waals surface area contributed by atoms with Gasteiger partial charge in [-0.15, -0.1) is 4.91 Å². The van der Waals surface area contributed by atoms with E-state index in [0.717, 1.165) is 6.20 Å². The standard InChI is InChI=1S/C5H6N4O3/c1-6-9-4(10)3(8-12)2-7-5(9)11/h2,6H,1H3,(H,7,11). The van der Waals surface area contributed by atoms with Crippen molar-refractivity contribution in [1.82, 2.24) is 9.66 Å². The number of hydrogen-bond donors (Lipinski definition) is 2. The summed E-state index contributed by atoms with van der Waals surface area (Å²) >= 11 is 0. The molecule has 0 aliphatic carbocycles. The molecule has 0 bridgehead atoms. The highest BCUT2D eigenvalue weighted by molar-refractivity contribution is 5.29. The van der Waals surface area contributed by atoms with E-state index in [4.69, 9.17) is 0 Å². The highest BCUT2D eigenvalue weighted by Crippen LogP contribution is 1.95. The Morgan fingerprint density at radius 1 is 1.58 bits per heavy atom. The van der Waals surface area contributed by atoms with Gasteiger partial charge in [-0.25, -0.2) is 4.79 Å². The van der Waals surface area contributed by atoms with Crippen molar-refractivity contribution in [3.63, 3.8) is 0 Å². The molecule has 0 aromatic carbocycles. The van der Waals surface area contributed by atoms with Gasteiger partial charge in [0, 0.05) is 13.2 Å². The lowest BCUT2D eigenvalue weighted by atomic mass is 10.5. The lowest BCUT2D eigenvalue weighted by molar-refractivity contribution is 0.789. The Bertz CT molecular complexity index is 404. The topological polar surface area (TPSA) is 96.3 Å². The molecule has 0 fully saturated rings. The molecule has 0 aliphatic rings. The van der Waals surface area contributed by atoms with E-state index < -0.39 is 11.2 Å². The molecule has 1 aromatic rings. The molecule has 0 amide bonds. The van der Waals surface area contributed by atoms with E-state index in [1.165, 1.54) is 7.05 Å². The quantitative estimate of drug-likeness (QED) is 0.562. The van der Waals surface area contributed by atoms with E-state index in [1.807, 2.05) is 0 Å². The third-order valence-electron chi connectivity index (χ3n) is 1.28. The molecule has 7 nitrogen and oxygen atoms in total. The Morgan fingerprint density at radius 2 is 2.25 bits per heavy atom. The zero-order valence-electron chi connectivity index (χ0n) is 6.20. The summed E-state index contributed by atoms with van der Waals surface area (Å²) in [5.74, 6) is 0. The van der Waals surface area contributed by atoms with E-state index in [0.29, 0.717) is 4.68 Å². The van der Waals surface area contributed by atoms with E-state index >= 15 is 0 Å². The van der Waals surface area contributed by atoms with Crippen molar-refractivity contribution in [2.24, 2.45) is 5.18 Å². The van der Waals surface area contributed by atoms with Crippen LogP contribution in [0.15, 0.2) is 21.0 Å². The maximum Gasteiger partial charge on any atom is 0.347 e. The van der Waals surface area contributed by atoms with Crippen LogP contribution in [0.3, 0.4) is 0 Å². The molecule has 12 heavy (non-hydrogen) atoms. The van der Waals surface area contributed by atoms with E-state index in [-0.39, 0.29) is 5.69 Å². The average molecular weight is 170 g/mol. The summed E-state index contributed by atoms with van der Waals surface area (Å²) in [6, 6.07) is 0. The zero-order valence-corrected chi connectivity index (χ0v) is 6.20. The van der Waals surface area contributed by atoms with Crippen molar-refractivity contribution in [2.75, 3.05) is 12.5 Å². The van der Waals surface area contributed by atoms with Gasteiger partial charge in [-0.2, -0.15) is 4.68 Å². The summed E-state index contributed by atoms with van der Waals surface area (Å²) in [6.45, 7) is 0. The maximum atomic E-state index is 11.0. The average Bonchev–Trinajstić information content (AvgIpc) is 2.06. The maximum absolute atomic E-state index is 11.0. The lowest BCUT2D eigenvalue weighted by Crippen LogP contribution is -2.39. The minimum absolute atomic E-state index is 0.344. The molecule has 0 unspecified atom stereocenters. The largest absolute Gasteiger partial charge is 0.347 e. The number of rotatable bonds is 2. The van der Waals surface area contributed by atoms with Gasteiger partial charge < -0.3 is 10.4 Å². The number of nitroso groups, excluding NO2 is 1. The molecule has 0 radical (unpaired) electrons. The first-order valence-corrected chi connectivity index (χ1v) is 3.06. The van der Waals surface area contributed by atoms with Gasteiger partial charge in [-0.05, 0) is 5.18 Å². The molecule has 0 spiro atoms. The normalized spacial score (nSPS) is 9.42. The minimum Gasteiger partial charge on any atom is -0.322 e. The van der Waals surface area contributed by atoms with Gasteiger partial charge in [0.25, 0.3) is 0 Å². The van der Waals surface area contributed by atoms with Crippen LogP contribution < -0.4 is 16.7 Å². The van der Waals surface area contributed by atoms with Crippen LogP contribution in [0.1, 0.15) is 0 Å². The monoisotopic (exact) mass is 170 g/mol. The van der Waals surface area contributed by atoms with Crippen molar-refractivity contribution in [3.8, 4) is 0 Å². The number of aromatic amines is 1. The van der Waals surface area contributed by atoms with Crippen LogP contribution in [-0.4, -0.2) is 16.7 Å². The van der Waals surface area contributed by atoms with Gasteiger partial charge in [-0.1, -0.05) is 0 Å². The SMILES string of the molecule is CNn1c(=O)[nH]cc(N=O)c1=O. The highest BCUT2D eigenvalue weighted by atomic mass is 16.3. The summed E-state index contributed by atoms with van der Waals surface area (Å²) in [4.78, 5) is 34.0. The van der Waals surface area contributed by atoms with E-state index in [1.54, 1.807) is 0 Å². The van der Waals surface area contributed by atoms with Crippen LogP contribution in [0, 0.1) is 4.91 Å². The first kappa shape index (κ1) is 8.18. The van der Waals surface area contributed by atoms with Gasteiger partial charge in [0.05, 0.1) is 0 Å². The van der Waals surface area contributed by atoms with E-state index in [2.05, 4.69) is 15.6 Å². The molecule has 1 aromatic heterocycles. The van der Waals surface area contributed by atoms with Crippen LogP contribution in [0.25, 0.3) is 0 Å². The molecule has 0 saturated carbocycles. The smallest absolute Gasteiger partial charge is 0.322 e. The van der Waals surface area contributed by atoms with Crippen molar-refractivity contribution in [2.45, 2.75) is 0 Å². The van der Waals surface area contributed by atoms with E-state index in [9.17, 15) is 14.5 Å². The van der Waals surface area contributed by atoms with Crippen LogP contribution in [0.2, 0.25) is 0 Å². The van der Waals surface area contributed by atoms with Crippen LogP contribution in [0.4, 0.5) is 5.69 Å². The predicted molar refractivity (Wildman–Crippen MR) is 42.1 cm³/mol. The molecule has 1 heterocycles. The molecule has 2 N–H and O–H groups in total. The summed E-state index contributed by atoms with van der Waals surface area (Å²) < 4.78 is 0.650. The predicted octanol–water partition coefficient (Wildman–Crippen LogP) is -0.892. The zero-order chi connectivity index (χ0) is 9.14. The molecule has 0 saturated heterocycles. The van der Waals surface area contributed by atoms with Gasteiger partial charge in [0.1, 0.15) is 0 Å². The summed E-state index contributed by atoms with van der Waals surface area (Å²) in [5.41, 5.74) is 0.545. The van der Waals surface area contributed by atoms with Crippen LogP contribution in [-0.2, 0) is 0 Å². The fourth-order valence-corrected chi connectivity index (χ4v) is 0.732. The molecule has 64 valence electrons. The fourth-order valence-electron chi connectivity index (χ4n) is 0.732. The van der Waals surface area contributed by atoms with Crippen molar-refractivity contribution < 1.29 is 0 Å². The second kappa shape index (κ2) is 2.99.